The molecule has 2 aliphatic heterocycles. The lowest BCUT2D eigenvalue weighted by Gasteiger charge is -2.48. The number of rotatable bonds is 8. The van der Waals surface area contributed by atoms with Gasteiger partial charge in [0, 0.05) is 11.1 Å². The maximum absolute atomic E-state index is 12.7. The summed E-state index contributed by atoms with van der Waals surface area (Å²) in [5.41, 5.74) is 8.36. The summed E-state index contributed by atoms with van der Waals surface area (Å²) in [5, 5.41) is 6.42. The molecule has 4 N–H and O–H groups in total. The van der Waals surface area contributed by atoms with Crippen molar-refractivity contribution in [1.82, 2.24) is 40.4 Å². The third-order valence-corrected chi connectivity index (χ3v) is 13.0. The second kappa shape index (κ2) is 16.3. The van der Waals surface area contributed by atoms with Crippen LogP contribution in [0.1, 0.15) is 83.7 Å². The predicted octanol–water partition coefficient (Wildman–Crippen LogP) is 4.44. The number of esters is 1. The summed E-state index contributed by atoms with van der Waals surface area (Å²) in [6.07, 6.45) is 13.3. The monoisotopic (exact) mass is 803 g/mol. The van der Waals surface area contributed by atoms with E-state index in [0.29, 0.717) is 24.5 Å². The van der Waals surface area contributed by atoms with Crippen LogP contribution >= 0.6 is 0 Å². The minimum absolute atomic E-state index is 0.0214. The molecule has 0 unspecified atom stereocenters. The smallest absolute Gasteiger partial charge is 0.376 e. The molecule has 2 saturated carbocycles. The SMILES string of the molecule is CN(C)C1(c2ccccc2)CCC2(CC1)CN(c1cnc(C(N)=O)nc1)C(=O)N2.COC(=O)c1ncc(N2CC3(CCC(c4ccccc4)(N(C)C)CC3)NC2=O)cn1. The van der Waals surface area contributed by atoms with Crippen molar-refractivity contribution in [2.75, 3.05) is 58.2 Å². The highest BCUT2D eigenvalue weighted by Crippen LogP contribution is 2.47. The van der Waals surface area contributed by atoms with Gasteiger partial charge in [0.05, 0.1) is 67.4 Å². The fourth-order valence-electron chi connectivity index (χ4n) is 9.41. The normalized spacial score (nSPS) is 26.4. The summed E-state index contributed by atoms with van der Waals surface area (Å²) < 4.78 is 4.63. The van der Waals surface area contributed by atoms with Gasteiger partial charge in [0.25, 0.3) is 5.91 Å². The number of carbonyl (C=O) groups excluding carboxylic acids is 4. The van der Waals surface area contributed by atoms with E-state index in [4.69, 9.17) is 5.73 Å². The van der Waals surface area contributed by atoms with Crippen LogP contribution in [0.5, 0.6) is 0 Å². The Hall–Kier alpha value is -6.00. The van der Waals surface area contributed by atoms with E-state index in [1.54, 1.807) is 9.80 Å². The number of urea groups is 2. The number of hydrogen-bond donors (Lipinski definition) is 3. The number of nitrogens with zero attached hydrogens (tertiary/aromatic N) is 8. The Balaban J connectivity index is 0.000000179. The zero-order valence-corrected chi connectivity index (χ0v) is 34.4. The molecular weight excluding hydrogens is 751 g/mol. The third-order valence-electron chi connectivity index (χ3n) is 13.0. The van der Waals surface area contributed by atoms with E-state index in [-0.39, 0.29) is 45.9 Å². The summed E-state index contributed by atoms with van der Waals surface area (Å²) in [6, 6.07) is 20.9. The molecule has 0 atom stereocenters. The Bertz CT molecular complexity index is 2130. The molecule has 2 spiro atoms. The Kier molecular flexibility index (Phi) is 11.4. The van der Waals surface area contributed by atoms with E-state index in [1.165, 1.54) is 43.0 Å². The van der Waals surface area contributed by atoms with Gasteiger partial charge in [-0.3, -0.25) is 24.4 Å². The highest BCUT2D eigenvalue weighted by molar-refractivity contribution is 5.96. The standard InChI is InChI=1S/C22H27N5O3.C21H26N6O2/c1-26(2)22(16-7-5-4-6-8-16)11-9-21(10-12-22)15-27(20(29)25-21)17-13-23-18(24-14-17)19(28)30-3;1-26(2)21(15-6-4-3-5-7-15)10-8-20(9-11-21)14-27(19(29)25-20)16-12-23-18(17(22)28)24-13-16/h4-8,13-14H,9-12,15H2,1-3H3,(H,25,29);3-7,12-13H,8-11,14H2,1-2H3,(H2,22,28)(H,25,29). The van der Waals surface area contributed by atoms with Crippen LogP contribution in [0, 0.1) is 0 Å². The molecule has 310 valence electrons. The molecule has 2 aromatic carbocycles. The first-order valence-electron chi connectivity index (χ1n) is 19.9. The van der Waals surface area contributed by atoms with Crippen LogP contribution in [0.4, 0.5) is 21.0 Å². The molecule has 4 aromatic rings. The summed E-state index contributed by atoms with van der Waals surface area (Å²) in [4.78, 5) is 72.1. The van der Waals surface area contributed by atoms with Crippen molar-refractivity contribution in [3.8, 4) is 0 Å². The average molecular weight is 804 g/mol. The number of anilines is 2. The predicted molar refractivity (Wildman–Crippen MR) is 222 cm³/mol. The molecule has 5 amide bonds. The molecule has 16 nitrogen and oxygen atoms in total. The molecule has 59 heavy (non-hydrogen) atoms. The van der Waals surface area contributed by atoms with Crippen molar-refractivity contribution in [1.29, 1.82) is 0 Å². The van der Waals surface area contributed by atoms with E-state index in [2.05, 4.69) is 122 Å². The summed E-state index contributed by atoms with van der Waals surface area (Å²) >= 11 is 0. The molecule has 0 radical (unpaired) electrons. The van der Waals surface area contributed by atoms with Gasteiger partial charge in [0.15, 0.2) is 0 Å². The zero-order valence-electron chi connectivity index (χ0n) is 34.4. The first-order chi connectivity index (χ1) is 28.2. The van der Waals surface area contributed by atoms with Gasteiger partial charge in [-0.1, -0.05) is 60.7 Å². The Morgan fingerprint density at radius 3 is 1.29 bits per heavy atom. The van der Waals surface area contributed by atoms with E-state index in [0.717, 1.165) is 51.4 Å². The number of nitrogens with two attached hydrogens (primary N) is 1. The van der Waals surface area contributed by atoms with Crippen LogP contribution < -0.4 is 26.2 Å². The van der Waals surface area contributed by atoms with Gasteiger partial charge in [0.1, 0.15) is 0 Å². The molecular formula is C43H53N11O5. The fourth-order valence-corrected chi connectivity index (χ4v) is 9.41. The number of aromatic nitrogens is 4. The van der Waals surface area contributed by atoms with Crippen LogP contribution in [0.25, 0.3) is 0 Å². The number of ether oxygens (including phenoxy) is 1. The molecule has 4 heterocycles. The quantitative estimate of drug-likeness (QED) is 0.214. The van der Waals surface area contributed by atoms with Crippen molar-refractivity contribution in [2.24, 2.45) is 5.73 Å². The van der Waals surface area contributed by atoms with Gasteiger partial charge in [-0.05, 0) is 90.7 Å². The second-order valence-electron chi connectivity index (χ2n) is 16.6. The van der Waals surface area contributed by atoms with E-state index in [1.807, 2.05) is 12.1 Å². The van der Waals surface area contributed by atoms with E-state index in [9.17, 15) is 19.2 Å². The first-order valence-corrected chi connectivity index (χ1v) is 19.9. The molecule has 2 saturated heterocycles. The summed E-state index contributed by atoms with van der Waals surface area (Å²) in [7, 11) is 9.79. The maximum Gasteiger partial charge on any atom is 0.376 e. The fraction of sp³-hybridized carbons (Fsp3) is 0.442. The number of nitrogens with one attached hydrogen (secondary N) is 2. The Morgan fingerprint density at radius 1 is 0.610 bits per heavy atom. The second-order valence-corrected chi connectivity index (χ2v) is 16.6. The van der Waals surface area contributed by atoms with E-state index < -0.39 is 11.9 Å². The van der Waals surface area contributed by atoms with Crippen molar-refractivity contribution in [3.63, 3.8) is 0 Å². The van der Waals surface area contributed by atoms with Gasteiger partial charge in [0.2, 0.25) is 11.6 Å². The summed E-state index contributed by atoms with van der Waals surface area (Å²) in [5.74, 6) is -1.37. The van der Waals surface area contributed by atoms with Crippen molar-refractivity contribution >= 4 is 35.3 Å². The minimum Gasteiger partial charge on any atom is -0.463 e. The molecule has 4 aliphatic rings. The largest absolute Gasteiger partial charge is 0.463 e. The number of methoxy groups -OCH3 is 1. The zero-order chi connectivity index (χ0) is 42.0. The average Bonchev–Trinajstić information content (AvgIpc) is 3.76. The van der Waals surface area contributed by atoms with Gasteiger partial charge in [-0.15, -0.1) is 0 Å². The highest BCUT2D eigenvalue weighted by atomic mass is 16.5. The van der Waals surface area contributed by atoms with Crippen molar-refractivity contribution in [3.05, 3.63) is 108 Å². The van der Waals surface area contributed by atoms with Gasteiger partial charge < -0.3 is 21.1 Å². The number of benzene rings is 2. The van der Waals surface area contributed by atoms with Gasteiger partial charge in [-0.25, -0.2) is 34.3 Å². The lowest BCUT2D eigenvalue weighted by Crippen LogP contribution is -2.54. The molecule has 2 aliphatic carbocycles. The van der Waals surface area contributed by atoms with Crippen LogP contribution in [0.3, 0.4) is 0 Å². The highest BCUT2D eigenvalue weighted by Gasteiger charge is 2.52. The minimum atomic E-state index is -0.688. The topological polar surface area (TPSA) is 192 Å². The van der Waals surface area contributed by atoms with Crippen LogP contribution in [-0.4, -0.2) is 113 Å². The summed E-state index contributed by atoms with van der Waals surface area (Å²) in [6.45, 7) is 1.12. The number of carbonyl (C=O) groups is 4. The number of amides is 5. The van der Waals surface area contributed by atoms with Gasteiger partial charge in [-0.2, -0.15) is 0 Å². The molecule has 4 fully saturated rings. The Labute approximate surface area is 344 Å². The lowest BCUT2D eigenvalue weighted by molar-refractivity contribution is 0.0586. The number of hydrogen-bond acceptors (Lipinski definition) is 11. The maximum atomic E-state index is 12.7. The Morgan fingerprint density at radius 2 is 0.966 bits per heavy atom. The van der Waals surface area contributed by atoms with Crippen LogP contribution in [-0.2, 0) is 15.8 Å². The first kappa shape index (κ1) is 41.2. The van der Waals surface area contributed by atoms with E-state index >= 15 is 0 Å². The third kappa shape index (κ3) is 7.93. The van der Waals surface area contributed by atoms with Gasteiger partial charge >= 0.3 is 18.0 Å². The molecule has 2 aromatic heterocycles. The number of primary amides is 1. The van der Waals surface area contributed by atoms with Crippen LogP contribution in [0.15, 0.2) is 85.5 Å². The molecule has 8 rings (SSSR count). The van der Waals surface area contributed by atoms with Crippen LogP contribution in [0.2, 0.25) is 0 Å². The van der Waals surface area contributed by atoms with Crippen molar-refractivity contribution in [2.45, 2.75) is 73.5 Å². The lowest BCUT2D eigenvalue weighted by atomic mass is 9.69. The van der Waals surface area contributed by atoms with Crippen molar-refractivity contribution < 1.29 is 23.9 Å². The molecule has 16 heteroatoms. The molecule has 0 bridgehead atoms.